The summed E-state index contributed by atoms with van der Waals surface area (Å²) in [7, 11) is 0. The van der Waals surface area contributed by atoms with Gasteiger partial charge < -0.3 is 10.6 Å². The van der Waals surface area contributed by atoms with Gasteiger partial charge in [0.2, 0.25) is 0 Å². The molecule has 2 N–H and O–H groups in total. The van der Waals surface area contributed by atoms with E-state index in [0.29, 0.717) is 17.7 Å². The van der Waals surface area contributed by atoms with Gasteiger partial charge in [0.15, 0.2) is 0 Å². The number of nitrogens with zero attached hydrogens (tertiary/aromatic N) is 1. The summed E-state index contributed by atoms with van der Waals surface area (Å²) < 4.78 is 13.2. The monoisotopic (exact) mass is 284 g/mol. The highest BCUT2D eigenvalue weighted by Crippen LogP contribution is 2.33. The van der Waals surface area contributed by atoms with Gasteiger partial charge in [0, 0.05) is 23.8 Å². The molecule has 4 heteroatoms. The lowest BCUT2D eigenvalue weighted by molar-refractivity contribution is 0.0983. The number of rotatable bonds is 1. The number of fused-ring (bicyclic) bond motifs is 1. The van der Waals surface area contributed by atoms with Crippen LogP contribution in [0.1, 0.15) is 33.9 Å². The molecule has 3 nitrogen and oxygen atoms in total. The summed E-state index contributed by atoms with van der Waals surface area (Å²) >= 11 is 0. The molecule has 0 radical (unpaired) electrons. The van der Waals surface area contributed by atoms with E-state index in [4.69, 9.17) is 5.73 Å². The molecule has 1 amide bonds. The maximum absolute atomic E-state index is 13.2. The van der Waals surface area contributed by atoms with Gasteiger partial charge in [-0.1, -0.05) is 18.2 Å². The minimum atomic E-state index is -0.329. The molecule has 1 aliphatic rings. The second-order valence-electron chi connectivity index (χ2n) is 5.37. The Bertz CT molecular complexity index is 699. The first kappa shape index (κ1) is 13.8. The first-order valence-corrected chi connectivity index (χ1v) is 7.00. The summed E-state index contributed by atoms with van der Waals surface area (Å²) in [5, 5.41) is 0. The Labute approximate surface area is 123 Å². The number of hydrogen-bond acceptors (Lipinski definition) is 2. The van der Waals surface area contributed by atoms with Crippen LogP contribution in [0, 0.1) is 12.7 Å². The lowest BCUT2D eigenvalue weighted by atomic mass is 9.96. The Balaban J connectivity index is 2.01. The van der Waals surface area contributed by atoms with E-state index in [1.807, 2.05) is 24.3 Å². The predicted octanol–water partition coefficient (Wildman–Crippen LogP) is 3.18. The Hall–Kier alpha value is -2.20. The van der Waals surface area contributed by atoms with E-state index in [9.17, 15) is 9.18 Å². The molecular weight excluding hydrogens is 267 g/mol. The minimum absolute atomic E-state index is 0.0421. The van der Waals surface area contributed by atoms with Crippen molar-refractivity contribution in [3.63, 3.8) is 0 Å². The van der Waals surface area contributed by atoms with E-state index in [0.717, 1.165) is 17.7 Å². The molecule has 2 aromatic carbocycles. The van der Waals surface area contributed by atoms with Crippen LogP contribution in [0.25, 0.3) is 0 Å². The standard InChI is InChI=1S/C17H17FN2O/c1-11-10-12(18)6-7-13(11)17(21)20-9-8-15(19)14-4-2-3-5-16(14)20/h2-7,10,15H,8-9,19H2,1H3. The predicted molar refractivity (Wildman–Crippen MR) is 80.8 cm³/mol. The smallest absolute Gasteiger partial charge is 0.258 e. The highest BCUT2D eigenvalue weighted by molar-refractivity contribution is 6.07. The Morgan fingerprint density at radius 1 is 1.29 bits per heavy atom. The van der Waals surface area contributed by atoms with Crippen LogP contribution in [0.3, 0.4) is 0 Å². The molecule has 0 saturated carbocycles. The number of hydrogen-bond donors (Lipinski definition) is 1. The molecule has 0 fully saturated rings. The third-order valence-corrected chi connectivity index (χ3v) is 3.95. The average Bonchev–Trinajstić information content (AvgIpc) is 2.47. The molecule has 0 aliphatic carbocycles. The van der Waals surface area contributed by atoms with Crippen LogP contribution in [0.4, 0.5) is 10.1 Å². The third kappa shape index (κ3) is 2.43. The third-order valence-electron chi connectivity index (χ3n) is 3.95. The van der Waals surface area contributed by atoms with Crippen molar-refractivity contribution in [2.45, 2.75) is 19.4 Å². The molecule has 0 spiro atoms. The number of carbonyl (C=O) groups excluding carboxylic acids is 1. The Kier molecular flexibility index (Phi) is 3.47. The zero-order valence-electron chi connectivity index (χ0n) is 11.8. The summed E-state index contributed by atoms with van der Waals surface area (Å²) in [4.78, 5) is 14.5. The van der Waals surface area contributed by atoms with Gasteiger partial charge in [0.25, 0.3) is 5.91 Å². The molecule has 21 heavy (non-hydrogen) atoms. The molecule has 0 aromatic heterocycles. The van der Waals surface area contributed by atoms with Gasteiger partial charge in [-0.2, -0.15) is 0 Å². The van der Waals surface area contributed by atoms with Crippen molar-refractivity contribution in [2.24, 2.45) is 5.73 Å². The van der Waals surface area contributed by atoms with Crippen LogP contribution in [0.2, 0.25) is 0 Å². The van der Waals surface area contributed by atoms with Crippen molar-refractivity contribution in [1.82, 2.24) is 0 Å². The van der Waals surface area contributed by atoms with Crippen LogP contribution >= 0.6 is 0 Å². The first-order valence-electron chi connectivity index (χ1n) is 7.00. The summed E-state index contributed by atoms with van der Waals surface area (Å²) in [5.41, 5.74) is 9.12. The van der Waals surface area contributed by atoms with Crippen molar-refractivity contribution in [2.75, 3.05) is 11.4 Å². The number of carbonyl (C=O) groups is 1. The van der Waals surface area contributed by atoms with Crippen molar-refractivity contribution in [3.05, 3.63) is 65.0 Å². The maximum atomic E-state index is 13.2. The van der Waals surface area contributed by atoms with Crippen molar-refractivity contribution < 1.29 is 9.18 Å². The zero-order valence-corrected chi connectivity index (χ0v) is 11.8. The number of amides is 1. The van der Waals surface area contributed by atoms with Gasteiger partial charge in [-0.05, 0) is 48.7 Å². The summed E-state index contributed by atoms with van der Waals surface area (Å²) in [6.45, 7) is 2.33. The fourth-order valence-corrected chi connectivity index (χ4v) is 2.81. The topological polar surface area (TPSA) is 46.3 Å². The average molecular weight is 284 g/mol. The van der Waals surface area contributed by atoms with Crippen LogP contribution in [0.15, 0.2) is 42.5 Å². The van der Waals surface area contributed by atoms with Gasteiger partial charge in [-0.15, -0.1) is 0 Å². The molecule has 1 unspecified atom stereocenters. The highest BCUT2D eigenvalue weighted by atomic mass is 19.1. The van der Waals surface area contributed by atoms with E-state index in [1.165, 1.54) is 12.1 Å². The molecule has 2 aromatic rings. The molecular formula is C17H17FN2O. The number of benzene rings is 2. The first-order chi connectivity index (χ1) is 10.1. The van der Waals surface area contributed by atoms with Gasteiger partial charge in [0.1, 0.15) is 5.82 Å². The largest absolute Gasteiger partial charge is 0.324 e. The van der Waals surface area contributed by atoms with Gasteiger partial charge >= 0.3 is 0 Å². The minimum Gasteiger partial charge on any atom is -0.324 e. The van der Waals surface area contributed by atoms with Gasteiger partial charge in [0.05, 0.1) is 0 Å². The molecule has 1 aliphatic heterocycles. The van der Waals surface area contributed by atoms with Crippen molar-refractivity contribution in [1.29, 1.82) is 0 Å². The van der Waals surface area contributed by atoms with Gasteiger partial charge in [-0.3, -0.25) is 4.79 Å². The van der Waals surface area contributed by atoms with Crippen molar-refractivity contribution >= 4 is 11.6 Å². The van der Waals surface area contributed by atoms with Crippen LogP contribution in [-0.2, 0) is 0 Å². The van der Waals surface area contributed by atoms with E-state index < -0.39 is 0 Å². The van der Waals surface area contributed by atoms with Crippen LogP contribution < -0.4 is 10.6 Å². The van der Waals surface area contributed by atoms with Crippen molar-refractivity contribution in [3.8, 4) is 0 Å². The van der Waals surface area contributed by atoms with E-state index in [-0.39, 0.29) is 17.8 Å². The fourth-order valence-electron chi connectivity index (χ4n) is 2.81. The Morgan fingerprint density at radius 3 is 2.81 bits per heavy atom. The fraction of sp³-hybridized carbons (Fsp3) is 0.235. The van der Waals surface area contributed by atoms with E-state index in [1.54, 1.807) is 17.9 Å². The number of para-hydroxylation sites is 1. The maximum Gasteiger partial charge on any atom is 0.258 e. The number of anilines is 1. The molecule has 0 saturated heterocycles. The SMILES string of the molecule is Cc1cc(F)ccc1C(=O)N1CCC(N)c2ccccc21. The Morgan fingerprint density at radius 2 is 2.05 bits per heavy atom. The van der Waals surface area contributed by atoms with Crippen LogP contribution in [0.5, 0.6) is 0 Å². The lowest BCUT2D eigenvalue weighted by Crippen LogP contribution is -2.38. The highest BCUT2D eigenvalue weighted by Gasteiger charge is 2.27. The quantitative estimate of drug-likeness (QED) is 0.874. The lowest BCUT2D eigenvalue weighted by Gasteiger charge is -2.33. The molecule has 3 rings (SSSR count). The second kappa shape index (κ2) is 5.30. The molecule has 108 valence electrons. The molecule has 1 heterocycles. The van der Waals surface area contributed by atoms with Crippen LogP contribution in [-0.4, -0.2) is 12.5 Å². The molecule has 1 atom stereocenters. The summed E-state index contributed by atoms with van der Waals surface area (Å²) in [6.07, 6.45) is 0.725. The number of aryl methyl sites for hydroxylation is 1. The number of nitrogens with two attached hydrogens (primary N) is 1. The van der Waals surface area contributed by atoms with E-state index in [2.05, 4.69) is 0 Å². The van der Waals surface area contributed by atoms with E-state index >= 15 is 0 Å². The zero-order chi connectivity index (χ0) is 15.0. The summed E-state index contributed by atoms with van der Waals surface area (Å²) in [6, 6.07) is 11.9. The normalized spacial score (nSPS) is 17.5. The summed E-state index contributed by atoms with van der Waals surface area (Å²) in [5.74, 6) is -0.433. The molecule has 0 bridgehead atoms. The second-order valence-corrected chi connectivity index (χ2v) is 5.37. The number of halogens is 1. The van der Waals surface area contributed by atoms with Gasteiger partial charge in [-0.25, -0.2) is 4.39 Å².